The van der Waals surface area contributed by atoms with Gasteiger partial charge < -0.3 is 10.1 Å². The van der Waals surface area contributed by atoms with Crippen LogP contribution in [-0.2, 0) is 6.42 Å². The van der Waals surface area contributed by atoms with Crippen molar-refractivity contribution < 1.29 is 4.74 Å². The van der Waals surface area contributed by atoms with Crippen molar-refractivity contribution in [2.24, 2.45) is 0 Å². The van der Waals surface area contributed by atoms with Gasteiger partial charge in [0.1, 0.15) is 5.75 Å². The summed E-state index contributed by atoms with van der Waals surface area (Å²) in [5.41, 5.74) is 3.73. The molecule has 0 bridgehead atoms. The molecule has 1 N–H and O–H groups in total. The van der Waals surface area contributed by atoms with Gasteiger partial charge in [-0.15, -0.1) is 0 Å². The molecule has 106 valence electrons. The maximum absolute atomic E-state index is 5.42. The van der Waals surface area contributed by atoms with Gasteiger partial charge in [0.25, 0.3) is 0 Å². The van der Waals surface area contributed by atoms with Crippen LogP contribution in [0.4, 0.5) is 0 Å². The zero-order valence-electron chi connectivity index (χ0n) is 12.5. The second-order valence-corrected chi connectivity index (χ2v) is 5.13. The van der Waals surface area contributed by atoms with E-state index in [4.69, 9.17) is 4.74 Å². The number of hydrogen-bond donors (Lipinski definition) is 1. The van der Waals surface area contributed by atoms with Gasteiger partial charge in [-0.2, -0.15) is 0 Å². The second kappa shape index (κ2) is 7.11. The zero-order chi connectivity index (χ0) is 14.4. The van der Waals surface area contributed by atoms with Gasteiger partial charge >= 0.3 is 0 Å². The van der Waals surface area contributed by atoms with Crippen molar-refractivity contribution in [2.75, 3.05) is 14.2 Å². The maximum atomic E-state index is 5.42. The summed E-state index contributed by atoms with van der Waals surface area (Å²) < 4.78 is 5.42. The topological polar surface area (TPSA) is 21.3 Å². The minimum Gasteiger partial charge on any atom is -0.496 e. The molecule has 0 heterocycles. The number of ether oxygens (including phenoxy) is 1. The highest BCUT2D eigenvalue weighted by molar-refractivity contribution is 5.70. The quantitative estimate of drug-likeness (QED) is 0.858. The Hall–Kier alpha value is -1.80. The number of benzene rings is 2. The van der Waals surface area contributed by atoms with Crippen LogP contribution in [0.5, 0.6) is 5.75 Å². The van der Waals surface area contributed by atoms with Crippen molar-refractivity contribution in [2.45, 2.75) is 25.8 Å². The fourth-order valence-corrected chi connectivity index (χ4v) is 2.26. The van der Waals surface area contributed by atoms with Crippen LogP contribution in [0, 0.1) is 0 Å². The van der Waals surface area contributed by atoms with Crippen LogP contribution in [0.3, 0.4) is 0 Å². The Labute approximate surface area is 121 Å². The molecule has 1 unspecified atom stereocenters. The number of rotatable bonds is 6. The minimum absolute atomic E-state index is 0.559. The summed E-state index contributed by atoms with van der Waals surface area (Å²) in [6.45, 7) is 2.21. The highest BCUT2D eigenvalue weighted by Crippen LogP contribution is 2.29. The van der Waals surface area contributed by atoms with Crippen molar-refractivity contribution in [3.63, 3.8) is 0 Å². The van der Waals surface area contributed by atoms with Crippen molar-refractivity contribution in [3.8, 4) is 16.9 Å². The van der Waals surface area contributed by atoms with Crippen LogP contribution in [0.15, 0.2) is 48.5 Å². The van der Waals surface area contributed by atoms with E-state index in [0.717, 1.165) is 24.2 Å². The van der Waals surface area contributed by atoms with Crippen molar-refractivity contribution in [3.05, 3.63) is 54.1 Å². The molecular formula is C18H23NO. The molecule has 2 aromatic rings. The minimum atomic E-state index is 0.559. The van der Waals surface area contributed by atoms with Crippen LogP contribution in [0.2, 0.25) is 0 Å². The van der Waals surface area contributed by atoms with Gasteiger partial charge in [0, 0.05) is 11.6 Å². The summed E-state index contributed by atoms with van der Waals surface area (Å²) in [7, 11) is 3.72. The van der Waals surface area contributed by atoms with Gasteiger partial charge in [0.15, 0.2) is 0 Å². The number of para-hydroxylation sites is 1. The van der Waals surface area contributed by atoms with E-state index in [0.29, 0.717) is 6.04 Å². The van der Waals surface area contributed by atoms with E-state index < -0.39 is 0 Å². The van der Waals surface area contributed by atoms with Gasteiger partial charge in [-0.3, -0.25) is 0 Å². The molecule has 0 aliphatic heterocycles. The summed E-state index contributed by atoms with van der Waals surface area (Å²) in [6, 6.07) is 17.5. The van der Waals surface area contributed by atoms with Crippen molar-refractivity contribution >= 4 is 0 Å². The summed E-state index contributed by atoms with van der Waals surface area (Å²) >= 11 is 0. The molecule has 0 fully saturated rings. The first-order chi connectivity index (χ1) is 9.74. The van der Waals surface area contributed by atoms with E-state index in [2.05, 4.69) is 42.6 Å². The average molecular weight is 269 g/mol. The molecule has 0 saturated carbocycles. The van der Waals surface area contributed by atoms with Crippen LogP contribution in [0.1, 0.15) is 18.9 Å². The van der Waals surface area contributed by atoms with Crippen molar-refractivity contribution in [1.29, 1.82) is 0 Å². The van der Waals surface area contributed by atoms with E-state index in [1.807, 2.05) is 25.2 Å². The molecule has 0 saturated heterocycles. The molecule has 2 heteroatoms. The van der Waals surface area contributed by atoms with Crippen LogP contribution in [-0.4, -0.2) is 20.2 Å². The highest BCUT2D eigenvalue weighted by atomic mass is 16.5. The third-order valence-electron chi connectivity index (χ3n) is 3.73. The Balaban J connectivity index is 2.11. The van der Waals surface area contributed by atoms with Gasteiger partial charge in [-0.05, 0) is 44.0 Å². The predicted octanol–water partition coefficient (Wildman–Crippen LogP) is 3.90. The number of aryl methyl sites for hydroxylation is 1. The monoisotopic (exact) mass is 269 g/mol. The van der Waals surface area contributed by atoms with E-state index >= 15 is 0 Å². The molecule has 0 spiro atoms. The average Bonchev–Trinajstić information content (AvgIpc) is 2.53. The molecule has 2 aromatic carbocycles. The fraction of sp³-hybridized carbons (Fsp3) is 0.333. The summed E-state index contributed by atoms with van der Waals surface area (Å²) in [5.74, 6) is 0.920. The largest absolute Gasteiger partial charge is 0.496 e. The lowest BCUT2D eigenvalue weighted by atomic mass is 10.0. The lowest BCUT2D eigenvalue weighted by molar-refractivity contribution is 0.416. The molecular weight excluding hydrogens is 246 g/mol. The van der Waals surface area contributed by atoms with Crippen LogP contribution in [0.25, 0.3) is 11.1 Å². The fourth-order valence-electron chi connectivity index (χ4n) is 2.26. The molecule has 0 aliphatic carbocycles. The molecule has 0 radical (unpaired) electrons. The Bertz CT molecular complexity index is 533. The third kappa shape index (κ3) is 3.61. The van der Waals surface area contributed by atoms with E-state index in [1.165, 1.54) is 11.1 Å². The predicted molar refractivity (Wildman–Crippen MR) is 85.3 cm³/mol. The lowest BCUT2D eigenvalue weighted by Crippen LogP contribution is -2.21. The maximum Gasteiger partial charge on any atom is 0.126 e. The summed E-state index contributed by atoms with van der Waals surface area (Å²) in [6.07, 6.45) is 2.26. The Morgan fingerprint density at radius 3 is 2.40 bits per heavy atom. The van der Waals surface area contributed by atoms with Crippen LogP contribution < -0.4 is 10.1 Å². The molecule has 2 rings (SSSR count). The first-order valence-electron chi connectivity index (χ1n) is 7.14. The molecule has 0 aromatic heterocycles. The molecule has 2 nitrogen and oxygen atoms in total. The summed E-state index contributed by atoms with van der Waals surface area (Å²) in [4.78, 5) is 0. The Kier molecular flexibility index (Phi) is 5.19. The van der Waals surface area contributed by atoms with Gasteiger partial charge in [-0.1, -0.05) is 42.5 Å². The number of methoxy groups -OCH3 is 1. The normalized spacial score (nSPS) is 12.2. The number of nitrogens with one attached hydrogen (secondary N) is 1. The van der Waals surface area contributed by atoms with Gasteiger partial charge in [-0.25, -0.2) is 0 Å². The van der Waals surface area contributed by atoms with Gasteiger partial charge in [0.2, 0.25) is 0 Å². The second-order valence-electron chi connectivity index (χ2n) is 5.13. The third-order valence-corrected chi connectivity index (χ3v) is 3.73. The highest BCUT2D eigenvalue weighted by Gasteiger charge is 2.05. The van der Waals surface area contributed by atoms with Crippen LogP contribution >= 0.6 is 0 Å². The SMILES string of the molecule is CNC(C)CCc1ccc(-c2ccccc2OC)cc1. The van der Waals surface area contributed by atoms with E-state index in [-0.39, 0.29) is 0 Å². The molecule has 0 amide bonds. The zero-order valence-corrected chi connectivity index (χ0v) is 12.5. The first kappa shape index (κ1) is 14.6. The van der Waals surface area contributed by atoms with E-state index in [1.54, 1.807) is 7.11 Å². The number of hydrogen-bond acceptors (Lipinski definition) is 2. The first-order valence-corrected chi connectivity index (χ1v) is 7.14. The van der Waals surface area contributed by atoms with Gasteiger partial charge in [0.05, 0.1) is 7.11 Å². The smallest absolute Gasteiger partial charge is 0.126 e. The standard InChI is InChI=1S/C18H23NO/c1-14(19-2)8-9-15-10-12-16(13-11-15)17-6-4-5-7-18(17)20-3/h4-7,10-14,19H,8-9H2,1-3H3. The van der Waals surface area contributed by atoms with E-state index in [9.17, 15) is 0 Å². The Morgan fingerprint density at radius 2 is 1.75 bits per heavy atom. The molecule has 0 aliphatic rings. The van der Waals surface area contributed by atoms with Crippen molar-refractivity contribution in [1.82, 2.24) is 5.32 Å². The molecule has 20 heavy (non-hydrogen) atoms. The lowest BCUT2D eigenvalue weighted by Gasteiger charge is -2.11. The Morgan fingerprint density at radius 1 is 1.05 bits per heavy atom. The molecule has 1 atom stereocenters. The summed E-state index contributed by atoms with van der Waals surface area (Å²) in [5, 5.41) is 3.27.